The number of hydrogen-bond acceptors (Lipinski definition) is 1. The van der Waals surface area contributed by atoms with Gasteiger partial charge in [0.1, 0.15) is 0 Å². The Morgan fingerprint density at radius 3 is 2.26 bits per heavy atom. The maximum atomic E-state index is 3.92. The molecule has 0 spiro atoms. The van der Waals surface area contributed by atoms with E-state index in [1.54, 1.807) is 32.1 Å². The van der Waals surface area contributed by atoms with E-state index in [1.807, 2.05) is 0 Å². The quantitative estimate of drug-likeness (QED) is 0.670. The van der Waals surface area contributed by atoms with Crippen LogP contribution in [0.3, 0.4) is 0 Å². The smallest absolute Gasteiger partial charge is 0.0104 e. The first-order chi connectivity index (χ1) is 9.31. The summed E-state index contributed by atoms with van der Waals surface area (Å²) in [5.74, 6) is 5.29. The zero-order valence-electron chi connectivity index (χ0n) is 12.6. The lowest BCUT2D eigenvalue weighted by Crippen LogP contribution is -2.53. The molecule has 0 saturated heterocycles. The molecule has 4 bridgehead atoms. The molecule has 0 radical (unpaired) electrons. The minimum Gasteiger partial charge on any atom is -0.314 e. The summed E-state index contributed by atoms with van der Waals surface area (Å²) in [7, 11) is 0. The predicted molar refractivity (Wildman–Crippen MR) is 82.0 cm³/mol. The molecule has 0 aromatic carbocycles. The minimum atomic E-state index is 0.771. The van der Waals surface area contributed by atoms with E-state index in [0.29, 0.717) is 0 Å². The topological polar surface area (TPSA) is 12.0 Å². The van der Waals surface area contributed by atoms with E-state index in [4.69, 9.17) is 0 Å². The summed E-state index contributed by atoms with van der Waals surface area (Å²) in [6.07, 6.45) is 13.6. The highest BCUT2D eigenvalue weighted by Gasteiger charge is 2.50. The van der Waals surface area contributed by atoms with Crippen LogP contribution >= 0.6 is 0 Å². The highest BCUT2D eigenvalue weighted by atomic mass is 14.9. The maximum absolute atomic E-state index is 3.92. The first-order valence-electron chi connectivity index (χ1n) is 8.66. The Bertz CT molecular complexity index is 281. The van der Waals surface area contributed by atoms with Gasteiger partial charge in [0.25, 0.3) is 0 Å². The van der Waals surface area contributed by atoms with Crippen LogP contribution in [0, 0.1) is 29.6 Å². The second-order valence-corrected chi connectivity index (χ2v) is 7.43. The van der Waals surface area contributed by atoms with Gasteiger partial charge in [-0.1, -0.05) is 13.0 Å². The first kappa shape index (κ1) is 13.7. The Kier molecular flexibility index (Phi) is 4.31. The van der Waals surface area contributed by atoms with Crippen molar-refractivity contribution in [2.45, 2.75) is 64.3 Å². The van der Waals surface area contributed by atoms with Gasteiger partial charge in [-0.15, -0.1) is 6.58 Å². The van der Waals surface area contributed by atoms with Crippen LogP contribution < -0.4 is 5.32 Å². The van der Waals surface area contributed by atoms with Crippen LogP contribution in [-0.4, -0.2) is 12.6 Å². The van der Waals surface area contributed by atoms with E-state index < -0.39 is 0 Å². The molecule has 1 N–H and O–H groups in total. The molecule has 4 fully saturated rings. The largest absolute Gasteiger partial charge is 0.314 e. The minimum absolute atomic E-state index is 0.771. The summed E-state index contributed by atoms with van der Waals surface area (Å²) in [5, 5.41) is 3.88. The first-order valence-corrected chi connectivity index (χ1v) is 8.66. The summed E-state index contributed by atoms with van der Waals surface area (Å²) in [6.45, 7) is 7.41. The third-order valence-electron chi connectivity index (χ3n) is 6.10. The molecule has 0 aliphatic heterocycles. The number of nitrogens with one attached hydrogen (secondary N) is 1. The van der Waals surface area contributed by atoms with Gasteiger partial charge >= 0.3 is 0 Å². The van der Waals surface area contributed by atoms with Crippen molar-refractivity contribution in [2.75, 3.05) is 6.54 Å². The van der Waals surface area contributed by atoms with Crippen LogP contribution in [0.1, 0.15) is 58.3 Å². The van der Waals surface area contributed by atoms with Gasteiger partial charge < -0.3 is 5.32 Å². The molecule has 4 aliphatic carbocycles. The van der Waals surface area contributed by atoms with Crippen LogP contribution in [-0.2, 0) is 0 Å². The Morgan fingerprint density at radius 1 is 1.11 bits per heavy atom. The van der Waals surface area contributed by atoms with Gasteiger partial charge in [0.05, 0.1) is 0 Å². The zero-order valence-corrected chi connectivity index (χ0v) is 12.6. The number of hydrogen-bond donors (Lipinski definition) is 1. The molecule has 1 atom stereocenters. The summed E-state index contributed by atoms with van der Waals surface area (Å²) in [5.41, 5.74) is 0. The van der Waals surface area contributed by atoms with E-state index in [-0.39, 0.29) is 0 Å². The normalized spacial score (nSPS) is 41.4. The molecule has 4 aliphatic rings. The van der Waals surface area contributed by atoms with Gasteiger partial charge in [0.2, 0.25) is 0 Å². The van der Waals surface area contributed by atoms with Crippen LogP contribution in [0.2, 0.25) is 0 Å². The fraction of sp³-hybridized carbons (Fsp3) is 0.889. The maximum Gasteiger partial charge on any atom is 0.0104 e. The zero-order chi connectivity index (χ0) is 13.2. The summed E-state index contributed by atoms with van der Waals surface area (Å²) in [6, 6.07) is 0.771. The van der Waals surface area contributed by atoms with E-state index in [9.17, 15) is 0 Å². The van der Waals surface area contributed by atoms with Crippen molar-refractivity contribution in [3.05, 3.63) is 12.7 Å². The average Bonchev–Trinajstić information content (AvgIpc) is 2.39. The van der Waals surface area contributed by atoms with Crippen molar-refractivity contribution < 1.29 is 0 Å². The molecule has 4 saturated carbocycles. The van der Waals surface area contributed by atoms with Gasteiger partial charge in [-0.25, -0.2) is 0 Å². The van der Waals surface area contributed by atoms with Gasteiger partial charge in [0.15, 0.2) is 0 Å². The second kappa shape index (κ2) is 5.99. The van der Waals surface area contributed by atoms with Gasteiger partial charge in [-0.2, -0.15) is 0 Å². The molecule has 1 nitrogen and oxygen atoms in total. The van der Waals surface area contributed by atoms with Crippen LogP contribution in [0.5, 0.6) is 0 Å². The molecular formula is C18H31N. The monoisotopic (exact) mass is 261 g/mol. The fourth-order valence-electron chi connectivity index (χ4n) is 5.68. The third kappa shape index (κ3) is 2.77. The van der Waals surface area contributed by atoms with Crippen molar-refractivity contribution in [1.29, 1.82) is 0 Å². The van der Waals surface area contributed by atoms with Gasteiger partial charge in [-0.3, -0.25) is 0 Å². The average molecular weight is 261 g/mol. The fourth-order valence-corrected chi connectivity index (χ4v) is 5.68. The molecular weight excluding hydrogens is 230 g/mol. The Morgan fingerprint density at radius 2 is 1.74 bits per heavy atom. The van der Waals surface area contributed by atoms with E-state index in [2.05, 4.69) is 24.9 Å². The standard InChI is InChI=1S/C18H31N/c1-3-5-6-17(19-7-4-2)18-15-9-13-8-14(11-15)12-16(18)10-13/h3,13-19H,1,4-12H2,2H3. The molecule has 4 rings (SSSR count). The molecule has 1 heteroatoms. The van der Waals surface area contributed by atoms with Crippen LogP contribution in [0.25, 0.3) is 0 Å². The highest BCUT2D eigenvalue weighted by molar-refractivity contribution is 5.01. The summed E-state index contributed by atoms with van der Waals surface area (Å²) < 4.78 is 0. The second-order valence-electron chi connectivity index (χ2n) is 7.43. The molecule has 0 aromatic rings. The Labute approximate surface area is 119 Å². The van der Waals surface area contributed by atoms with Crippen molar-refractivity contribution >= 4 is 0 Å². The van der Waals surface area contributed by atoms with Gasteiger partial charge in [-0.05, 0) is 87.5 Å². The van der Waals surface area contributed by atoms with Crippen LogP contribution in [0.15, 0.2) is 12.7 Å². The molecule has 0 heterocycles. The van der Waals surface area contributed by atoms with E-state index >= 15 is 0 Å². The molecule has 1 unspecified atom stereocenters. The Hall–Kier alpha value is -0.300. The summed E-state index contributed by atoms with van der Waals surface area (Å²) in [4.78, 5) is 0. The highest BCUT2D eigenvalue weighted by Crippen LogP contribution is 2.57. The van der Waals surface area contributed by atoms with E-state index in [0.717, 1.165) is 35.6 Å². The summed E-state index contributed by atoms with van der Waals surface area (Å²) >= 11 is 0. The van der Waals surface area contributed by atoms with Gasteiger partial charge in [0, 0.05) is 6.04 Å². The van der Waals surface area contributed by atoms with Crippen molar-refractivity contribution in [3.8, 4) is 0 Å². The van der Waals surface area contributed by atoms with E-state index in [1.165, 1.54) is 25.8 Å². The van der Waals surface area contributed by atoms with Crippen LogP contribution in [0.4, 0.5) is 0 Å². The molecule has 0 amide bonds. The molecule has 108 valence electrons. The number of allylic oxidation sites excluding steroid dienone is 1. The lowest BCUT2D eigenvalue weighted by Gasteiger charge is -2.56. The molecule has 0 aromatic heterocycles. The van der Waals surface area contributed by atoms with Crippen molar-refractivity contribution in [2.24, 2.45) is 29.6 Å². The predicted octanol–water partition coefficient (Wildman–Crippen LogP) is 4.39. The third-order valence-corrected chi connectivity index (χ3v) is 6.10. The Balaban J connectivity index is 1.68. The SMILES string of the molecule is C=CCCC(NCCC)C1C2CC3CC(C2)CC1C3. The number of rotatable bonds is 7. The lowest BCUT2D eigenvalue weighted by atomic mass is 9.50. The van der Waals surface area contributed by atoms with Crippen molar-refractivity contribution in [1.82, 2.24) is 5.32 Å². The lowest BCUT2D eigenvalue weighted by molar-refractivity contribution is -0.0527. The van der Waals surface area contributed by atoms with Crippen molar-refractivity contribution in [3.63, 3.8) is 0 Å². The molecule has 19 heavy (non-hydrogen) atoms.